The fourth-order valence-corrected chi connectivity index (χ4v) is 3.66. The molecule has 146 valence electrons. The Bertz CT molecular complexity index is 916. The third kappa shape index (κ3) is 4.74. The zero-order chi connectivity index (χ0) is 20.1. The molecule has 2 aromatic carbocycles. The molecule has 1 heterocycles. The van der Waals surface area contributed by atoms with Crippen molar-refractivity contribution in [3.05, 3.63) is 71.3 Å². The lowest BCUT2D eigenvalue weighted by Crippen LogP contribution is -2.32. The van der Waals surface area contributed by atoms with E-state index < -0.39 is 7.12 Å². The summed E-state index contributed by atoms with van der Waals surface area (Å²) in [5.41, 5.74) is 4.20. The van der Waals surface area contributed by atoms with E-state index in [0.717, 1.165) is 40.3 Å². The third-order valence-corrected chi connectivity index (χ3v) is 5.07. The van der Waals surface area contributed by atoms with E-state index in [2.05, 4.69) is 19.6 Å². The average molecular weight is 378 g/mol. The minimum absolute atomic E-state index is 0.189. The Kier molecular flexibility index (Phi) is 6.73. The SMILES string of the molecule is C=C(COC)C1=CCB(O)OC1CC/C(C)=C/c1ccc(O)c2ccccc12. The molecule has 2 N–H and O–H groups in total. The molecule has 1 aliphatic heterocycles. The Hall–Kier alpha value is -2.34. The van der Waals surface area contributed by atoms with Gasteiger partial charge >= 0.3 is 7.12 Å². The normalized spacial score (nSPS) is 17.7. The molecule has 0 radical (unpaired) electrons. The van der Waals surface area contributed by atoms with E-state index in [1.54, 1.807) is 13.2 Å². The lowest BCUT2D eigenvalue weighted by atomic mass is 9.78. The number of allylic oxidation sites excluding steroid dienone is 2. The monoisotopic (exact) mass is 378 g/mol. The summed E-state index contributed by atoms with van der Waals surface area (Å²) < 4.78 is 11.0. The van der Waals surface area contributed by atoms with E-state index in [-0.39, 0.29) is 6.10 Å². The van der Waals surface area contributed by atoms with Gasteiger partial charge in [0, 0.05) is 18.8 Å². The van der Waals surface area contributed by atoms with Crippen LogP contribution < -0.4 is 0 Å². The van der Waals surface area contributed by atoms with Gasteiger partial charge in [0.05, 0.1) is 12.7 Å². The van der Waals surface area contributed by atoms with Crippen LogP contribution in [-0.2, 0) is 9.39 Å². The molecule has 2 aromatic rings. The maximum Gasteiger partial charge on any atom is 0.458 e. The zero-order valence-corrected chi connectivity index (χ0v) is 16.5. The number of hydrogen-bond acceptors (Lipinski definition) is 4. The molecule has 0 saturated heterocycles. The molecule has 28 heavy (non-hydrogen) atoms. The number of phenolic OH excluding ortho intramolecular Hbond substituents is 1. The van der Waals surface area contributed by atoms with Crippen molar-refractivity contribution in [1.29, 1.82) is 0 Å². The maximum atomic E-state index is 10.1. The number of methoxy groups -OCH3 is 1. The summed E-state index contributed by atoms with van der Waals surface area (Å²) in [6.45, 7) is 6.63. The Labute approximate surface area is 166 Å². The number of ether oxygens (including phenoxy) is 1. The molecule has 5 heteroatoms. The molecular weight excluding hydrogens is 351 g/mol. The standard InChI is InChI=1S/C23H27BO4/c1-16(14-18-9-10-22(25)21-7-5-4-6-20(18)21)8-11-23-19(17(2)15-27-3)12-13-24(26)28-23/h4-7,9-10,12,14,23,25-26H,2,8,11,13,15H2,1,3H3/b16-14+. The summed E-state index contributed by atoms with van der Waals surface area (Å²) in [5, 5.41) is 21.8. The first kappa shape index (κ1) is 20.4. The minimum atomic E-state index is -0.769. The number of hydrogen-bond donors (Lipinski definition) is 2. The van der Waals surface area contributed by atoms with Gasteiger partial charge in [0.2, 0.25) is 0 Å². The van der Waals surface area contributed by atoms with Crippen molar-refractivity contribution < 1.29 is 19.5 Å². The molecule has 0 amide bonds. The maximum absolute atomic E-state index is 10.1. The van der Waals surface area contributed by atoms with Crippen molar-refractivity contribution in [3.8, 4) is 5.75 Å². The van der Waals surface area contributed by atoms with Crippen LogP contribution in [0.3, 0.4) is 0 Å². The molecule has 1 unspecified atom stereocenters. The second-order valence-corrected chi connectivity index (χ2v) is 7.26. The first-order valence-corrected chi connectivity index (χ1v) is 9.58. The van der Waals surface area contributed by atoms with Gasteiger partial charge in [-0.3, -0.25) is 0 Å². The van der Waals surface area contributed by atoms with E-state index in [4.69, 9.17) is 9.39 Å². The van der Waals surface area contributed by atoms with Crippen LogP contribution in [0.15, 0.2) is 65.8 Å². The predicted molar refractivity (Wildman–Crippen MR) is 115 cm³/mol. The number of phenols is 1. The molecular formula is C23H27BO4. The van der Waals surface area contributed by atoms with E-state index in [1.165, 1.54) is 5.57 Å². The van der Waals surface area contributed by atoms with Crippen LogP contribution >= 0.6 is 0 Å². The van der Waals surface area contributed by atoms with Gasteiger partial charge in [-0.1, -0.05) is 54.6 Å². The van der Waals surface area contributed by atoms with Gasteiger partial charge in [-0.2, -0.15) is 0 Å². The summed E-state index contributed by atoms with van der Waals surface area (Å²) >= 11 is 0. The number of benzene rings is 2. The molecule has 0 saturated carbocycles. The highest BCUT2D eigenvalue weighted by Gasteiger charge is 2.28. The lowest BCUT2D eigenvalue weighted by molar-refractivity contribution is 0.176. The molecule has 0 bridgehead atoms. The Balaban J connectivity index is 1.75. The van der Waals surface area contributed by atoms with Crippen molar-refractivity contribution >= 4 is 24.0 Å². The highest BCUT2D eigenvalue weighted by Crippen LogP contribution is 2.30. The Morgan fingerprint density at radius 1 is 1.29 bits per heavy atom. The van der Waals surface area contributed by atoms with Crippen LogP contribution in [0.25, 0.3) is 16.8 Å². The van der Waals surface area contributed by atoms with Gasteiger partial charge in [0.25, 0.3) is 0 Å². The average Bonchev–Trinajstić information content (AvgIpc) is 2.69. The smallest absolute Gasteiger partial charge is 0.458 e. The van der Waals surface area contributed by atoms with Crippen LogP contribution in [0.2, 0.25) is 6.32 Å². The number of rotatable bonds is 7. The van der Waals surface area contributed by atoms with Crippen molar-refractivity contribution in [2.24, 2.45) is 0 Å². The first-order chi connectivity index (χ1) is 13.5. The minimum Gasteiger partial charge on any atom is -0.507 e. The second-order valence-electron chi connectivity index (χ2n) is 7.26. The first-order valence-electron chi connectivity index (χ1n) is 9.58. The fourth-order valence-electron chi connectivity index (χ4n) is 3.66. The van der Waals surface area contributed by atoms with E-state index in [9.17, 15) is 10.1 Å². The largest absolute Gasteiger partial charge is 0.507 e. The van der Waals surface area contributed by atoms with Gasteiger partial charge in [-0.15, -0.1) is 0 Å². The van der Waals surface area contributed by atoms with Crippen LogP contribution in [0.1, 0.15) is 25.3 Å². The van der Waals surface area contributed by atoms with Gasteiger partial charge in [0.15, 0.2) is 0 Å². The molecule has 0 spiro atoms. The molecule has 4 nitrogen and oxygen atoms in total. The summed E-state index contributed by atoms with van der Waals surface area (Å²) in [4.78, 5) is 0. The molecule has 3 rings (SSSR count). The molecule has 0 aromatic heterocycles. The summed E-state index contributed by atoms with van der Waals surface area (Å²) in [7, 11) is 0.878. The van der Waals surface area contributed by atoms with E-state index in [1.807, 2.05) is 36.4 Å². The molecule has 1 atom stereocenters. The van der Waals surface area contributed by atoms with Crippen LogP contribution in [-0.4, -0.2) is 37.1 Å². The van der Waals surface area contributed by atoms with Crippen molar-refractivity contribution in [2.45, 2.75) is 32.2 Å². The van der Waals surface area contributed by atoms with Gasteiger partial charge in [-0.25, -0.2) is 0 Å². The van der Waals surface area contributed by atoms with Crippen LogP contribution in [0, 0.1) is 0 Å². The van der Waals surface area contributed by atoms with Crippen LogP contribution in [0.5, 0.6) is 5.75 Å². The second kappa shape index (κ2) is 9.24. The summed E-state index contributed by atoms with van der Waals surface area (Å²) in [6.07, 6.45) is 6.02. The molecule has 0 aliphatic carbocycles. The summed E-state index contributed by atoms with van der Waals surface area (Å²) in [5.74, 6) is 0.293. The quantitative estimate of drug-likeness (QED) is 0.684. The van der Waals surface area contributed by atoms with Gasteiger partial charge in [-0.05, 0) is 47.9 Å². The molecule has 1 aliphatic rings. The number of fused-ring (bicyclic) bond motifs is 1. The lowest BCUT2D eigenvalue weighted by Gasteiger charge is -2.28. The highest BCUT2D eigenvalue weighted by molar-refractivity contribution is 6.43. The topological polar surface area (TPSA) is 58.9 Å². The van der Waals surface area contributed by atoms with Gasteiger partial charge in [0.1, 0.15) is 5.75 Å². The predicted octanol–water partition coefficient (Wildman–Crippen LogP) is 4.74. The number of aromatic hydroxyl groups is 1. The van der Waals surface area contributed by atoms with E-state index in [0.29, 0.717) is 18.7 Å². The van der Waals surface area contributed by atoms with E-state index >= 15 is 0 Å². The highest BCUT2D eigenvalue weighted by atomic mass is 16.5. The van der Waals surface area contributed by atoms with Crippen molar-refractivity contribution in [3.63, 3.8) is 0 Å². The van der Waals surface area contributed by atoms with Gasteiger partial charge < -0.3 is 19.5 Å². The van der Waals surface area contributed by atoms with Crippen molar-refractivity contribution in [2.75, 3.05) is 13.7 Å². The third-order valence-electron chi connectivity index (χ3n) is 5.07. The van der Waals surface area contributed by atoms with Crippen molar-refractivity contribution in [1.82, 2.24) is 0 Å². The zero-order valence-electron chi connectivity index (χ0n) is 16.5. The van der Waals surface area contributed by atoms with Crippen LogP contribution in [0.4, 0.5) is 0 Å². The Morgan fingerprint density at radius 3 is 2.79 bits per heavy atom. The summed E-state index contributed by atoms with van der Waals surface area (Å²) in [6, 6.07) is 11.5. The molecule has 0 fully saturated rings. The Morgan fingerprint density at radius 2 is 2.04 bits per heavy atom. The fraction of sp³-hybridized carbons (Fsp3) is 0.304.